The number of para-hydroxylation sites is 1. The second kappa shape index (κ2) is 7.90. The van der Waals surface area contributed by atoms with Gasteiger partial charge in [0.05, 0.1) is 16.1 Å². The van der Waals surface area contributed by atoms with E-state index < -0.39 is 10.0 Å². The SMILES string of the molecule is Cc1ccc(S(=O)(=O)n2c(C(C)C)nc3c(N4CCNCC4)cccc32)c2ccccc12. The molecule has 1 aliphatic heterocycles. The molecule has 166 valence electrons. The van der Waals surface area contributed by atoms with Gasteiger partial charge in [0.15, 0.2) is 0 Å². The van der Waals surface area contributed by atoms with E-state index in [2.05, 4.69) is 10.2 Å². The first kappa shape index (κ1) is 21.0. The lowest BCUT2D eigenvalue weighted by molar-refractivity contribution is 0.584. The van der Waals surface area contributed by atoms with E-state index >= 15 is 0 Å². The van der Waals surface area contributed by atoms with Gasteiger partial charge in [-0.2, -0.15) is 0 Å². The quantitative estimate of drug-likeness (QED) is 0.505. The highest BCUT2D eigenvalue weighted by Gasteiger charge is 2.29. The Hall–Kier alpha value is -2.90. The Kier molecular flexibility index (Phi) is 5.18. The van der Waals surface area contributed by atoms with E-state index in [0.29, 0.717) is 16.2 Å². The normalized spacial score (nSPS) is 15.2. The molecule has 7 heteroatoms. The first-order chi connectivity index (χ1) is 15.4. The van der Waals surface area contributed by atoms with Crippen LogP contribution in [-0.2, 0) is 10.0 Å². The van der Waals surface area contributed by atoms with Crippen LogP contribution in [0.5, 0.6) is 0 Å². The standard InChI is InChI=1S/C25H28N4O2S/c1-17(2)25-27-24-21(28-15-13-26-14-16-28)9-6-10-22(24)29(25)32(30,31)23-12-11-18(3)19-7-4-5-8-20(19)23/h4-12,17,26H,13-16H2,1-3H3. The summed E-state index contributed by atoms with van der Waals surface area (Å²) in [7, 11) is -3.87. The molecule has 2 heterocycles. The van der Waals surface area contributed by atoms with Crippen LogP contribution >= 0.6 is 0 Å². The van der Waals surface area contributed by atoms with Crippen LogP contribution in [0.2, 0.25) is 0 Å². The summed E-state index contributed by atoms with van der Waals surface area (Å²) in [6.45, 7) is 9.54. The van der Waals surface area contributed by atoms with Gasteiger partial charge >= 0.3 is 0 Å². The number of imidazole rings is 1. The summed E-state index contributed by atoms with van der Waals surface area (Å²) in [5.41, 5.74) is 3.43. The molecule has 0 bridgehead atoms. The van der Waals surface area contributed by atoms with Crippen molar-refractivity contribution in [3.63, 3.8) is 0 Å². The van der Waals surface area contributed by atoms with Gasteiger partial charge in [-0.3, -0.25) is 0 Å². The Bertz CT molecular complexity index is 1420. The Morgan fingerprint density at radius 1 is 0.938 bits per heavy atom. The summed E-state index contributed by atoms with van der Waals surface area (Å²) in [4.78, 5) is 7.50. The number of hydrogen-bond acceptors (Lipinski definition) is 5. The maximum absolute atomic E-state index is 14.1. The van der Waals surface area contributed by atoms with Crippen molar-refractivity contribution < 1.29 is 8.42 Å². The lowest BCUT2D eigenvalue weighted by Gasteiger charge is -2.29. The van der Waals surface area contributed by atoms with Crippen molar-refractivity contribution in [2.45, 2.75) is 31.6 Å². The van der Waals surface area contributed by atoms with Gasteiger partial charge in [-0.1, -0.05) is 50.2 Å². The smallest absolute Gasteiger partial charge is 0.270 e. The predicted molar refractivity (Wildman–Crippen MR) is 130 cm³/mol. The van der Waals surface area contributed by atoms with Crippen molar-refractivity contribution in [3.05, 3.63) is 66.0 Å². The molecule has 0 unspecified atom stereocenters. The topological polar surface area (TPSA) is 67.2 Å². The van der Waals surface area contributed by atoms with Crippen LogP contribution in [0.25, 0.3) is 21.8 Å². The number of anilines is 1. The van der Waals surface area contributed by atoms with E-state index in [1.54, 1.807) is 6.07 Å². The molecule has 1 aromatic heterocycles. The Balaban J connectivity index is 1.79. The molecule has 0 radical (unpaired) electrons. The van der Waals surface area contributed by atoms with Gasteiger partial charge in [-0.15, -0.1) is 0 Å². The fourth-order valence-corrected chi connectivity index (χ4v) is 6.40. The van der Waals surface area contributed by atoms with Gasteiger partial charge in [-0.05, 0) is 36.1 Å². The number of fused-ring (bicyclic) bond motifs is 2. The first-order valence-electron chi connectivity index (χ1n) is 11.1. The average molecular weight is 449 g/mol. The minimum Gasteiger partial charge on any atom is -0.367 e. The van der Waals surface area contributed by atoms with Crippen LogP contribution in [-0.4, -0.2) is 43.6 Å². The van der Waals surface area contributed by atoms with Crippen LogP contribution < -0.4 is 10.2 Å². The second-order valence-corrected chi connectivity index (χ2v) is 10.5. The van der Waals surface area contributed by atoms with Gasteiger partial charge in [0.2, 0.25) is 0 Å². The van der Waals surface area contributed by atoms with Crippen molar-refractivity contribution in [3.8, 4) is 0 Å². The number of hydrogen-bond donors (Lipinski definition) is 1. The van der Waals surface area contributed by atoms with Crippen LogP contribution in [0, 0.1) is 6.92 Å². The molecule has 1 fully saturated rings. The van der Waals surface area contributed by atoms with Crippen LogP contribution in [0.15, 0.2) is 59.5 Å². The Morgan fingerprint density at radius 2 is 1.66 bits per heavy atom. The maximum atomic E-state index is 14.1. The highest BCUT2D eigenvalue weighted by molar-refractivity contribution is 7.90. The minimum atomic E-state index is -3.87. The third-order valence-electron chi connectivity index (χ3n) is 6.24. The van der Waals surface area contributed by atoms with E-state index in [1.165, 1.54) is 3.97 Å². The summed E-state index contributed by atoms with van der Waals surface area (Å²) in [5.74, 6) is 0.511. The molecule has 32 heavy (non-hydrogen) atoms. The average Bonchev–Trinajstić information content (AvgIpc) is 3.21. The van der Waals surface area contributed by atoms with Crippen LogP contribution in [0.3, 0.4) is 0 Å². The second-order valence-electron chi connectivity index (χ2n) is 8.70. The van der Waals surface area contributed by atoms with Gasteiger partial charge in [-0.25, -0.2) is 17.4 Å². The van der Waals surface area contributed by atoms with E-state index in [0.717, 1.165) is 53.7 Å². The molecule has 6 nitrogen and oxygen atoms in total. The number of piperazine rings is 1. The molecule has 0 spiro atoms. The largest absolute Gasteiger partial charge is 0.367 e. The molecule has 1 aliphatic rings. The van der Waals surface area contributed by atoms with Crippen molar-refractivity contribution in [2.75, 3.05) is 31.1 Å². The number of aryl methyl sites for hydroxylation is 1. The molecule has 1 saturated heterocycles. The minimum absolute atomic E-state index is 0.0511. The summed E-state index contributed by atoms with van der Waals surface area (Å²) in [5, 5.41) is 5.06. The number of nitrogens with zero attached hydrogens (tertiary/aromatic N) is 3. The maximum Gasteiger partial charge on any atom is 0.270 e. The summed E-state index contributed by atoms with van der Waals surface area (Å²) in [6.07, 6.45) is 0. The summed E-state index contributed by atoms with van der Waals surface area (Å²) < 4.78 is 29.8. The zero-order valence-electron chi connectivity index (χ0n) is 18.7. The number of rotatable bonds is 4. The molecule has 0 saturated carbocycles. The van der Waals surface area contributed by atoms with Gasteiger partial charge < -0.3 is 10.2 Å². The number of benzene rings is 3. The molecular formula is C25H28N4O2S. The van der Waals surface area contributed by atoms with Gasteiger partial charge in [0.1, 0.15) is 11.3 Å². The zero-order chi connectivity index (χ0) is 22.5. The Morgan fingerprint density at radius 3 is 2.38 bits per heavy atom. The zero-order valence-corrected chi connectivity index (χ0v) is 19.5. The third-order valence-corrected chi connectivity index (χ3v) is 8.02. The first-order valence-corrected chi connectivity index (χ1v) is 12.5. The third kappa shape index (κ3) is 3.27. The molecule has 3 aromatic carbocycles. The predicted octanol–water partition coefficient (Wildman–Crippen LogP) is 4.27. The van der Waals surface area contributed by atoms with Crippen molar-refractivity contribution in [2.24, 2.45) is 0 Å². The van der Waals surface area contributed by atoms with Crippen LogP contribution in [0.1, 0.15) is 31.2 Å². The molecule has 4 aromatic rings. The Labute approximate surface area is 188 Å². The van der Waals surface area contributed by atoms with E-state index in [1.807, 2.05) is 69.3 Å². The van der Waals surface area contributed by atoms with Crippen molar-refractivity contribution in [1.29, 1.82) is 0 Å². The fourth-order valence-electron chi connectivity index (χ4n) is 4.60. The van der Waals surface area contributed by atoms with E-state index in [-0.39, 0.29) is 5.92 Å². The van der Waals surface area contributed by atoms with Crippen molar-refractivity contribution >= 4 is 37.5 Å². The summed E-state index contributed by atoms with van der Waals surface area (Å²) >= 11 is 0. The van der Waals surface area contributed by atoms with E-state index in [9.17, 15) is 8.42 Å². The highest BCUT2D eigenvalue weighted by atomic mass is 32.2. The lowest BCUT2D eigenvalue weighted by Crippen LogP contribution is -2.43. The van der Waals surface area contributed by atoms with Gasteiger partial charge in [0, 0.05) is 37.5 Å². The fraction of sp³-hybridized carbons (Fsp3) is 0.320. The molecule has 5 rings (SSSR count). The number of aromatic nitrogens is 2. The number of nitrogens with one attached hydrogen (secondary N) is 1. The highest BCUT2D eigenvalue weighted by Crippen LogP contribution is 2.35. The van der Waals surface area contributed by atoms with Crippen molar-refractivity contribution in [1.82, 2.24) is 14.3 Å². The molecule has 0 amide bonds. The van der Waals surface area contributed by atoms with E-state index in [4.69, 9.17) is 4.98 Å². The molecule has 1 N–H and O–H groups in total. The summed E-state index contributed by atoms with van der Waals surface area (Å²) in [6, 6.07) is 17.1. The molecule has 0 aliphatic carbocycles. The molecule has 0 atom stereocenters. The molecular weight excluding hydrogens is 420 g/mol. The van der Waals surface area contributed by atoms with Gasteiger partial charge in [0.25, 0.3) is 10.0 Å². The monoisotopic (exact) mass is 448 g/mol. The lowest BCUT2D eigenvalue weighted by atomic mass is 10.1. The van der Waals surface area contributed by atoms with Crippen LogP contribution in [0.4, 0.5) is 5.69 Å².